The first-order valence-electron chi connectivity index (χ1n) is 5.66. The number of nitrogens with two attached hydrogens (primary N) is 2. The monoisotopic (exact) mass is 288 g/mol. The molecule has 19 heavy (non-hydrogen) atoms. The Morgan fingerprint density at radius 2 is 2.05 bits per heavy atom. The zero-order valence-electron chi connectivity index (χ0n) is 10.2. The van der Waals surface area contributed by atoms with Crippen molar-refractivity contribution >= 4 is 29.9 Å². The molecular weight excluding hydrogens is 272 g/mol. The fourth-order valence-electron chi connectivity index (χ4n) is 2.06. The van der Waals surface area contributed by atoms with Gasteiger partial charge in [0.25, 0.3) is 5.62 Å². The summed E-state index contributed by atoms with van der Waals surface area (Å²) >= 11 is 0. The Hall–Kier alpha value is -1.96. The SMILES string of the molecule is Cl.N=c1nc(N2CCC(C(N)=O)CC2)cc(N)n1O. The molecule has 6 N–H and O–H groups in total. The zero-order chi connectivity index (χ0) is 13.3. The normalized spacial score (nSPS) is 15.9. The van der Waals surface area contributed by atoms with Crippen LogP contribution in [0.5, 0.6) is 0 Å². The second kappa shape index (κ2) is 5.79. The maximum Gasteiger partial charge on any atom is 0.259 e. The van der Waals surface area contributed by atoms with E-state index in [0.29, 0.717) is 36.5 Å². The molecule has 0 atom stereocenters. The molecule has 0 unspecified atom stereocenters. The number of primary amides is 1. The van der Waals surface area contributed by atoms with Gasteiger partial charge in [-0.25, -0.2) is 0 Å². The van der Waals surface area contributed by atoms with Crippen molar-refractivity contribution in [1.82, 2.24) is 9.71 Å². The van der Waals surface area contributed by atoms with Crippen LogP contribution >= 0.6 is 12.4 Å². The molecule has 106 valence electrons. The Morgan fingerprint density at radius 1 is 1.47 bits per heavy atom. The van der Waals surface area contributed by atoms with Crippen molar-refractivity contribution in [3.63, 3.8) is 0 Å². The first-order chi connectivity index (χ1) is 8.49. The molecule has 1 amide bonds. The standard InChI is InChI=1S/C10H16N6O2.ClH/c11-7-5-8(14-10(13)16(7)18)15-3-1-6(2-4-15)9(12)17;/h5-6,13,18H,1-4,11H2,(H2,12,17);1H. The number of carbonyl (C=O) groups excluding carboxylic acids is 1. The van der Waals surface area contributed by atoms with Crippen molar-refractivity contribution < 1.29 is 10.0 Å². The highest BCUT2D eigenvalue weighted by atomic mass is 35.5. The molecule has 1 fully saturated rings. The van der Waals surface area contributed by atoms with E-state index in [1.54, 1.807) is 0 Å². The number of nitrogens with zero attached hydrogens (tertiary/aromatic N) is 3. The highest BCUT2D eigenvalue weighted by molar-refractivity contribution is 5.85. The van der Waals surface area contributed by atoms with Gasteiger partial charge in [0.05, 0.1) is 0 Å². The van der Waals surface area contributed by atoms with Crippen LogP contribution < -0.4 is 22.0 Å². The van der Waals surface area contributed by atoms with Gasteiger partial charge >= 0.3 is 0 Å². The number of aromatic nitrogens is 2. The number of nitrogens with one attached hydrogen (secondary N) is 1. The lowest BCUT2D eigenvalue weighted by atomic mass is 9.96. The fourth-order valence-corrected chi connectivity index (χ4v) is 2.06. The molecule has 1 aliphatic rings. The lowest BCUT2D eigenvalue weighted by Crippen LogP contribution is -2.40. The third-order valence-electron chi connectivity index (χ3n) is 3.16. The molecule has 0 radical (unpaired) electrons. The third-order valence-corrected chi connectivity index (χ3v) is 3.16. The van der Waals surface area contributed by atoms with Crippen LogP contribution in [-0.2, 0) is 4.79 Å². The largest absolute Gasteiger partial charge is 0.423 e. The van der Waals surface area contributed by atoms with Gasteiger partial charge < -0.3 is 21.6 Å². The minimum absolute atomic E-state index is 0. The summed E-state index contributed by atoms with van der Waals surface area (Å²) in [4.78, 5) is 16.9. The van der Waals surface area contributed by atoms with Gasteiger partial charge in [-0.1, -0.05) is 0 Å². The van der Waals surface area contributed by atoms with E-state index in [9.17, 15) is 10.0 Å². The predicted octanol–water partition coefficient (Wildman–Crippen LogP) is -0.694. The molecule has 2 rings (SSSR count). The van der Waals surface area contributed by atoms with E-state index >= 15 is 0 Å². The highest BCUT2D eigenvalue weighted by Gasteiger charge is 2.24. The molecule has 0 spiro atoms. The van der Waals surface area contributed by atoms with Crippen LogP contribution in [0.4, 0.5) is 11.6 Å². The van der Waals surface area contributed by atoms with Crippen LogP contribution in [0.15, 0.2) is 6.07 Å². The Balaban J connectivity index is 0.00000180. The topological polar surface area (TPSA) is 134 Å². The van der Waals surface area contributed by atoms with E-state index in [-0.39, 0.29) is 35.7 Å². The number of halogens is 1. The van der Waals surface area contributed by atoms with Crippen molar-refractivity contribution in [2.45, 2.75) is 12.8 Å². The number of hydrogen-bond donors (Lipinski definition) is 4. The Morgan fingerprint density at radius 3 is 2.53 bits per heavy atom. The smallest absolute Gasteiger partial charge is 0.259 e. The number of piperidine rings is 1. The van der Waals surface area contributed by atoms with Crippen LogP contribution in [-0.4, -0.2) is 33.9 Å². The van der Waals surface area contributed by atoms with E-state index in [1.165, 1.54) is 6.07 Å². The Bertz CT molecular complexity index is 523. The molecular formula is C10H17ClN6O2. The lowest BCUT2D eigenvalue weighted by Gasteiger charge is -2.31. The number of carbonyl (C=O) groups is 1. The zero-order valence-corrected chi connectivity index (χ0v) is 11.1. The number of hydrogen-bond acceptors (Lipinski definition) is 6. The number of nitrogen functional groups attached to an aromatic ring is 1. The maximum atomic E-state index is 11.1. The summed E-state index contributed by atoms with van der Waals surface area (Å²) in [5.41, 5.74) is 10.5. The van der Waals surface area contributed by atoms with Crippen LogP contribution in [0.25, 0.3) is 0 Å². The van der Waals surface area contributed by atoms with E-state index in [0.717, 1.165) is 0 Å². The molecule has 1 aromatic heterocycles. The summed E-state index contributed by atoms with van der Waals surface area (Å²) in [5.74, 6) is 0.220. The van der Waals surface area contributed by atoms with Crippen LogP contribution in [0.3, 0.4) is 0 Å². The Kier molecular flexibility index (Phi) is 4.60. The van der Waals surface area contributed by atoms with E-state index in [4.69, 9.17) is 16.9 Å². The second-order valence-corrected chi connectivity index (χ2v) is 4.34. The summed E-state index contributed by atoms with van der Waals surface area (Å²) in [6.45, 7) is 1.27. The molecule has 0 aliphatic carbocycles. The molecule has 2 heterocycles. The van der Waals surface area contributed by atoms with Gasteiger partial charge in [0.2, 0.25) is 5.91 Å². The van der Waals surface area contributed by atoms with Gasteiger partial charge in [0, 0.05) is 25.1 Å². The first-order valence-corrected chi connectivity index (χ1v) is 5.66. The molecule has 0 saturated carbocycles. The van der Waals surface area contributed by atoms with E-state index < -0.39 is 0 Å². The minimum atomic E-state index is -0.318. The van der Waals surface area contributed by atoms with Gasteiger partial charge in [-0.05, 0) is 12.8 Å². The van der Waals surface area contributed by atoms with Crippen LogP contribution in [0, 0.1) is 11.3 Å². The molecule has 1 aliphatic heterocycles. The molecule has 0 bridgehead atoms. The van der Waals surface area contributed by atoms with E-state index in [1.807, 2.05) is 4.90 Å². The minimum Gasteiger partial charge on any atom is -0.423 e. The molecule has 8 nitrogen and oxygen atoms in total. The first kappa shape index (κ1) is 15.1. The quantitative estimate of drug-likeness (QED) is 0.534. The third kappa shape index (κ3) is 3.08. The average molecular weight is 289 g/mol. The van der Waals surface area contributed by atoms with E-state index in [2.05, 4.69) is 4.98 Å². The number of anilines is 2. The summed E-state index contributed by atoms with van der Waals surface area (Å²) in [6.07, 6.45) is 1.33. The van der Waals surface area contributed by atoms with Gasteiger partial charge in [0.1, 0.15) is 11.6 Å². The van der Waals surface area contributed by atoms with Gasteiger partial charge in [0.15, 0.2) is 0 Å². The lowest BCUT2D eigenvalue weighted by molar-refractivity contribution is -0.122. The van der Waals surface area contributed by atoms with Gasteiger partial charge in [-0.15, -0.1) is 17.1 Å². The van der Waals surface area contributed by atoms with Crippen molar-refractivity contribution in [3.05, 3.63) is 11.7 Å². The highest BCUT2D eigenvalue weighted by Crippen LogP contribution is 2.21. The van der Waals surface area contributed by atoms with Crippen LogP contribution in [0.2, 0.25) is 0 Å². The van der Waals surface area contributed by atoms with Crippen LogP contribution in [0.1, 0.15) is 12.8 Å². The van der Waals surface area contributed by atoms with Crippen molar-refractivity contribution in [2.75, 3.05) is 23.7 Å². The number of amides is 1. The average Bonchev–Trinajstić information content (AvgIpc) is 2.35. The predicted molar refractivity (Wildman–Crippen MR) is 71.1 cm³/mol. The van der Waals surface area contributed by atoms with Gasteiger partial charge in [-0.3, -0.25) is 10.2 Å². The van der Waals surface area contributed by atoms with Gasteiger partial charge in [-0.2, -0.15) is 4.98 Å². The molecule has 0 aromatic carbocycles. The van der Waals surface area contributed by atoms with Crippen molar-refractivity contribution in [1.29, 1.82) is 5.41 Å². The molecule has 1 aromatic rings. The second-order valence-electron chi connectivity index (χ2n) is 4.34. The Labute approximate surface area is 115 Å². The maximum absolute atomic E-state index is 11.1. The summed E-state index contributed by atoms with van der Waals surface area (Å²) in [7, 11) is 0. The summed E-state index contributed by atoms with van der Waals surface area (Å²) in [6, 6.07) is 1.50. The summed E-state index contributed by atoms with van der Waals surface area (Å²) < 4.78 is 0.514. The van der Waals surface area contributed by atoms with Crippen molar-refractivity contribution in [2.24, 2.45) is 11.7 Å². The summed E-state index contributed by atoms with van der Waals surface area (Å²) in [5, 5.41) is 16.8. The molecule has 1 saturated heterocycles. The molecule has 9 heteroatoms. The fraction of sp³-hybridized carbons (Fsp3) is 0.500. The number of rotatable bonds is 2. The van der Waals surface area contributed by atoms with Crippen molar-refractivity contribution in [3.8, 4) is 0 Å².